The van der Waals surface area contributed by atoms with Crippen molar-refractivity contribution >= 4 is 17.9 Å². The van der Waals surface area contributed by atoms with Crippen LogP contribution < -0.4 is 11.1 Å². The van der Waals surface area contributed by atoms with E-state index in [0.29, 0.717) is 13.0 Å². The maximum absolute atomic E-state index is 12.1. The Kier molecular flexibility index (Phi) is 7.29. The molecule has 2 aliphatic carbocycles. The maximum Gasteiger partial charge on any atom is 0.407 e. The van der Waals surface area contributed by atoms with Gasteiger partial charge >= 0.3 is 6.09 Å². The molecule has 0 bridgehead atoms. The van der Waals surface area contributed by atoms with Crippen LogP contribution in [0.1, 0.15) is 62.1 Å². The summed E-state index contributed by atoms with van der Waals surface area (Å²) in [7, 11) is 0. The first-order valence-electron chi connectivity index (χ1n) is 9.81. The fraction of sp³-hybridized carbons (Fsp3) is 0.842. The highest BCUT2D eigenvalue weighted by atomic mass is 16.6. The van der Waals surface area contributed by atoms with Crippen LogP contribution in [0.3, 0.4) is 0 Å². The Morgan fingerprint density at radius 1 is 1.15 bits per heavy atom. The Bertz CT molecular complexity index is 519. The second-order valence-corrected chi connectivity index (χ2v) is 8.33. The van der Waals surface area contributed by atoms with E-state index in [9.17, 15) is 14.4 Å². The molecule has 1 heterocycles. The SMILES string of the molecule is CC(C)C.NC(=O)[C@@H]1CCCN1C(=O)CNC(=O)OC1CC2CCC2C1.[HH].[HH]. The summed E-state index contributed by atoms with van der Waals surface area (Å²) in [5.41, 5.74) is 5.28. The van der Waals surface area contributed by atoms with Gasteiger partial charge in [-0.15, -0.1) is 0 Å². The number of alkyl carbamates (subject to hydrolysis) is 1. The van der Waals surface area contributed by atoms with Crippen molar-refractivity contribution in [3.63, 3.8) is 0 Å². The number of carbonyl (C=O) groups is 3. The number of amides is 3. The number of carbonyl (C=O) groups excluding carboxylic acids is 3. The minimum Gasteiger partial charge on any atom is -0.446 e. The highest BCUT2D eigenvalue weighted by molar-refractivity contribution is 5.89. The lowest BCUT2D eigenvalue weighted by atomic mass is 9.77. The molecular formula is C19H37N3O4. The van der Waals surface area contributed by atoms with Crippen molar-refractivity contribution in [1.82, 2.24) is 10.2 Å². The zero-order valence-electron chi connectivity index (χ0n) is 16.2. The summed E-state index contributed by atoms with van der Waals surface area (Å²) in [5.74, 6) is 1.50. The van der Waals surface area contributed by atoms with Crippen molar-refractivity contribution in [3.8, 4) is 0 Å². The van der Waals surface area contributed by atoms with E-state index in [1.165, 1.54) is 17.7 Å². The van der Waals surface area contributed by atoms with Crippen LogP contribution in [0.25, 0.3) is 0 Å². The normalized spacial score (nSPS) is 29.3. The second kappa shape index (κ2) is 9.24. The molecule has 3 aliphatic rings. The van der Waals surface area contributed by atoms with E-state index < -0.39 is 18.0 Å². The summed E-state index contributed by atoms with van der Waals surface area (Å²) < 4.78 is 5.37. The van der Waals surface area contributed by atoms with Crippen LogP contribution in [0.4, 0.5) is 4.79 Å². The van der Waals surface area contributed by atoms with Gasteiger partial charge in [0.1, 0.15) is 18.7 Å². The first kappa shape index (κ1) is 20.5. The van der Waals surface area contributed by atoms with Crippen molar-refractivity contribution < 1.29 is 22.0 Å². The van der Waals surface area contributed by atoms with Gasteiger partial charge in [0.05, 0.1) is 0 Å². The van der Waals surface area contributed by atoms with Crippen LogP contribution in [-0.2, 0) is 14.3 Å². The Hall–Kier alpha value is -1.79. The van der Waals surface area contributed by atoms with Gasteiger partial charge in [-0.2, -0.15) is 0 Å². The van der Waals surface area contributed by atoms with E-state index in [-0.39, 0.29) is 21.4 Å². The van der Waals surface area contributed by atoms with E-state index in [0.717, 1.165) is 37.0 Å². The van der Waals surface area contributed by atoms with Crippen molar-refractivity contribution in [2.75, 3.05) is 13.1 Å². The molecule has 2 saturated carbocycles. The molecule has 152 valence electrons. The zero-order chi connectivity index (χ0) is 19.3. The lowest BCUT2D eigenvalue weighted by Crippen LogP contribution is -2.47. The summed E-state index contributed by atoms with van der Waals surface area (Å²) in [6, 6.07) is -0.546. The summed E-state index contributed by atoms with van der Waals surface area (Å²) in [6.07, 6.45) is 5.17. The molecule has 0 aromatic heterocycles. The van der Waals surface area contributed by atoms with Crippen LogP contribution in [0.5, 0.6) is 0 Å². The molecule has 7 nitrogen and oxygen atoms in total. The molecule has 0 aromatic rings. The average Bonchev–Trinajstić information content (AvgIpc) is 3.12. The third-order valence-corrected chi connectivity index (χ3v) is 5.27. The number of hydrogen-bond donors (Lipinski definition) is 2. The molecule has 3 atom stereocenters. The highest BCUT2D eigenvalue weighted by Gasteiger charge is 2.41. The minimum atomic E-state index is -0.547. The van der Waals surface area contributed by atoms with Gasteiger partial charge in [0.25, 0.3) is 0 Å². The molecule has 3 N–H and O–H groups in total. The predicted octanol–water partition coefficient (Wildman–Crippen LogP) is 2.53. The number of nitrogens with zero attached hydrogens (tertiary/aromatic N) is 1. The van der Waals surface area contributed by atoms with Crippen LogP contribution in [0.15, 0.2) is 0 Å². The van der Waals surface area contributed by atoms with Gasteiger partial charge in [-0.05, 0) is 56.3 Å². The van der Waals surface area contributed by atoms with Crippen LogP contribution in [0, 0.1) is 17.8 Å². The standard InChI is InChI=1S/C15H23N3O4.C4H10.2H2/c16-14(20)12-2-1-5-18(12)13(19)8-17-15(21)22-11-6-9-3-4-10(9)7-11;1-4(2)3;;/h9-12H,1-8H2,(H2,16,20)(H,17,21);4H,1-3H3;2*1H/t9?,10?,11?,12-;;;/m0.../s1. The molecule has 1 aliphatic heterocycles. The van der Waals surface area contributed by atoms with Gasteiger partial charge < -0.3 is 20.7 Å². The third-order valence-electron chi connectivity index (χ3n) is 5.27. The number of primary amides is 1. The number of ether oxygens (including phenoxy) is 1. The maximum atomic E-state index is 12.1. The van der Waals surface area contributed by atoms with Gasteiger partial charge in [-0.3, -0.25) is 9.59 Å². The Morgan fingerprint density at radius 2 is 1.73 bits per heavy atom. The lowest BCUT2D eigenvalue weighted by Gasteiger charge is -2.28. The number of hydrogen-bond acceptors (Lipinski definition) is 4. The molecule has 0 radical (unpaired) electrons. The Labute approximate surface area is 159 Å². The largest absolute Gasteiger partial charge is 0.446 e. The molecule has 3 fully saturated rings. The fourth-order valence-electron chi connectivity index (χ4n) is 3.93. The lowest BCUT2D eigenvalue weighted by molar-refractivity contribution is -0.136. The molecule has 2 unspecified atom stereocenters. The minimum absolute atomic E-state index is 0. The van der Waals surface area contributed by atoms with Gasteiger partial charge in [-0.25, -0.2) is 4.79 Å². The first-order valence-corrected chi connectivity index (χ1v) is 9.81. The van der Waals surface area contributed by atoms with Crippen molar-refractivity contribution in [2.45, 2.75) is 71.4 Å². The summed E-state index contributed by atoms with van der Waals surface area (Å²) in [5, 5.41) is 2.49. The van der Waals surface area contributed by atoms with E-state index >= 15 is 0 Å². The second-order valence-electron chi connectivity index (χ2n) is 8.33. The van der Waals surface area contributed by atoms with Crippen molar-refractivity contribution in [3.05, 3.63) is 0 Å². The fourth-order valence-corrected chi connectivity index (χ4v) is 3.93. The van der Waals surface area contributed by atoms with Gasteiger partial charge in [-0.1, -0.05) is 20.8 Å². The summed E-state index contributed by atoms with van der Waals surface area (Å²) in [4.78, 5) is 36.5. The first-order chi connectivity index (χ1) is 12.3. The Morgan fingerprint density at radius 3 is 2.23 bits per heavy atom. The highest BCUT2D eigenvalue weighted by Crippen LogP contribution is 2.47. The number of likely N-dealkylation sites (tertiary alicyclic amines) is 1. The molecule has 0 spiro atoms. The molecular weight excluding hydrogens is 334 g/mol. The molecule has 0 aromatic carbocycles. The third kappa shape index (κ3) is 5.61. The van der Waals surface area contributed by atoms with E-state index in [1.807, 2.05) is 0 Å². The molecule has 3 amide bonds. The monoisotopic (exact) mass is 371 g/mol. The quantitative estimate of drug-likeness (QED) is 0.793. The predicted molar refractivity (Wildman–Crippen MR) is 102 cm³/mol. The molecule has 7 heteroatoms. The van der Waals surface area contributed by atoms with Gasteiger partial charge in [0.15, 0.2) is 0 Å². The van der Waals surface area contributed by atoms with Gasteiger partial charge in [0, 0.05) is 9.40 Å². The molecule has 3 rings (SSSR count). The van der Waals surface area contributed by atoms with Crippen molar-refractivity contribution in [1.29, 1.82) is 0 Å². The molecule has 1 saturated heterocycles. The number of nitrogens with two attached hydrogens (primary N) is 1. The average molecular weight is 372 g/mol. The van der Waals surface area contributed by atoms with Crippen LogP contribution >= 0.6 is 0 Å². The van der Waals surface area contributed by atoms with E-state index in [4.69, 9.17) is 10.5 Å². The van der Waals surface area contributed by atoms with Crippen LogP contribution in [-0.4, -0.2) is 48.0 Å². The number of nitrogens with one attached hydrogen (secondary N) is 1. The zero-order valence-corrected chi connectivity index (χ0v) is 16.2. The van der Waals surface area contributed by atoms with Crippen LogP contribution in [0.2, 0.25) is 0 Å². The number of fused-ring (bicyclic) bond motifs is 1. The Balaban J connectivity index is 0.00000111. The van der Waals surface area contributed by atoms with Gasteiger partial charge in [0.2, 0.25) is 11.8 Å². The van der Waals surface area contributed by atoms with E-state index in [1.54, 1.807) is 0 Å². The van der Waals surface area contributed by atoms with E-state index in [2.05, 4.69) is 26.1 Å². The smallest absolute Gasteiger partial charge is 0.407 e. The molecule has 26 heavy (non-hydrogen) atoms. The summed E-state index contributed by atoms with van der Waals surface area (Å²) >= 11 is 0. The summed E-state index contributed by atoms with van der Waals surface area (Å²) in [6.45, 7) is 6.86. The number of rotatable bonds is 4. The van der Waals surface area contributed by atoms with Crippen molar-refractivity contribution in [2.24, 2.45) is 23.5 Å². The topological polar surface area (TPSA) is 102 Å².